The van der Waals surface area contributed by atoms with E-state index in [9.17, 15) is 4.79 Å². The van der Waals surface area contributed by atoms with Crippen molar-refractivity contribution in [2.75, 3.05) is 30.2 Å². The molecular weight excluding hydrogens is 340 g/mol. The van der Waals surface area contributed by atoms with E-state index in [1.54, 1.807) is 4.90 Å². The molecule has 0 aliphatic heterocycles. The lowest BCUT2D eigenvalue weighted by Gasteiger charge is -2.20. The Labute approximate surface area is 158 Å². The predicted molar refractivity (Wildman–Crippen MR) is 107 cm³/mol. The van der Waals surface area contributed by atoms with Crippen LogP contribution in [-0.2, 0) is 4.79 Å². The average Bonchev–Trinajstić information content (AvgIpc) is 2.69. The van der Waals surface area contributed by atoms with Crippen molar-refractivity contribution in [2.24, 2.45) is 0 Å². The zero-order valence-electron chi connectivity index (χ0n) is 15.3. The largest absolute Gasteiger partial charge is 0.393 e. The minimum Gasteiger partial charge on any atom is -0.393 e. The lowest BCUT2D eigenvalue weighted by atomic mass is 9.91. The van der Waals surface area contributed by atoms with Gasteiger partial charge in [0.2, 0.25) is 5.91 Å². The summed E-state index contributed by atoms with van der Waals surface area (Å²) in [6, 6.07) is 19.2. The van der Waals surface area contributed by atoms with E-state index in [0.29, 0.717) is 17.3 Å². The van der Waals surface area contributed by atoms with Gasteiger partial charge >= 0.3 is 0 Å². The third-order valence-corrected chi connectivity index (χ3v) is 4.12. The fraction of sp³-hybridized carbons (Fsp3) is 0.150. The maximum Gasteiger partial charge on any atom is 0.250 e. The van der Waals surface area contributed by atoms with E-state index in [0.717, 1.165) is 11.1 Å². The summed E-state index contributed by atoms with van der Waals surface area (Å²) in [4.78, 5) is 23.0. The topological polar surface area (TPSA) is 96.2 Å². The molecule has 0 spiro atoms. The van der Waals surface area contributed by atoms with Gasteiger partial charge in [-0.3, -0.25) is 15.6 Å². The molecule has 0 saturated heterocycles. The molecular formula is C20H22N6O. The van der Waals surface area contributed by atoms with Crippen molar-refractivity contribution < 1.29 is 4.79 Å². The number of rotatable bonds is 6. The van der Waals surface area contributed by atoms with E-state index in [2.05, 4.69) is 20.8 Å². The molecule has 3 aromatic rings. The van der Waals surface area contributed by atoms with Crippen LogP contribution in [0.2, 0.25) is 0 Å². The molecule has 0 unspecified atom stereocenters. The van der Waals surface area contributed by atoms with Crippen LogP contribution in [0.5, 0.6) is 0 Å². The lowest BCUT2D eigenvalue weighted by Crippen LogP contribution is -2.35. The number of nitrogen functional groups attached to an aromatic ring is 1. The van der Waals surface area contributed by atoms with Crippen LogP contribution < -0.4 is 21.5 Å². The molecule has 0 radical (unpaired) electrons. The highest BCUT2D eigenvalue weighted by Gasteiger charge is 2.23. The summed E-state index contributed by atoms with van der Waals surface area (Å²) in [6.07, 6.45) is 1.39. The van der Waals surface area contributed by atoms with Gasteiger partial charge in [-0.2, -0.15) is 0 Å². The molecule has 1 amide bonds. The number of hydrazine groups is 1. The zero-order valence-corrected chi connectivity index (χ0v) is 15.3. The first-order valence-electron chi connectivity index (χ1n) is 8.51. The van der Waals surface area contributed by atoms with Gasteiger partial charge in [-0.1, -0.05) is 60.7 Å². The number of benzene rings is 2. The summed E-state index contributed by atoms with van der Waals surface area (Å²) in [5.41, 5.74) is 13.8. The Hall–Kier alpha value is -3.61. The van der Waals surface area contributed by atoms with Crippen molar-refractivity contribution >= 4 is 23.2 Å². The van der Waals surface area contributed by atoms with E-state index in [1.165, 1.54) is 6.33 Å². The first-order valence-corrected chi connectivity index (χ1v) is 8.51. The van der Waals surface area contributed by atoms with Crippen LogP contribution in [0.4, 0.5) is 17.3 Å². The monoisotopic (exact) mass is 362 g/mol. The minimum absolute atomic E-state index is 0.211. The quantitative estimate of drug-likeness (QED) is 0.583. The maximum atomic E-state index is 13.0. The second-order valence-corrected chi connectivity index (χ2v) is 6.22. The van der Waals surface area contributed by atoms with Gasteiger partial charge in [0.15, 0.2) is 11.6 Å². The number of nitrogens with one attached hydrogen (secondary N) is 2. The number of amides is 1. The molecule has 1 heterocycles. The van der Waals surface area contributed by atoms with Gasteiger partial charge in [-0.15, -0.1) is 0 Å². The second-order valence-electron chi connectivity index (χ2n) is 6.22. The normalized spacial score (nSPS) is 10.5. The Balaban J connectivity index is 1.83. The van der Waals surface area contributed by atoms with Gasteiger partial charge in [0.25, 0.3) is 0 Å². The Bertz CT molecular complexity index is 859. The van der Waals surface area contributed by atoms with E-state index in [4.69, 9.17) is 5.73 Å². The number of hydrogen-bond acceptors (Lipinski definition) is 6. The zero-order chi connectivity index (χ0) is 19.2. The van der Waals surface area contributed by atoms with Crippen molar-refractivity contribution in [1.82, 2.24) is 15.4 Å². The Morgan fingerprint density at radius 1 is 0.963 bits per heavy atom. The average molecular weight is 362 g/mol. The van der Waals surface area contributed by atoms with Crippen LogP contribution in [0, 0.1) is 0 Å². The maximum absolute atomic E-state index is 13.0. The number of aromatic nitrogens is 2. The van der Waals surface area contributed by atoms with Crippen molar-refractivity contribution in [2.45, 2.75) is 5.92 Å². The van der Waals surface area contributed by atoms with Crippen LogP contribution in [-0.4, -0.2) is 30.0 Å². The first-order chi connectivity index (χ1) is 13.1. The van der Waals surface area contributed by atoms with Crippen LogP contribution >= 0.6 is 0 Å². The number of hydrogen-bond donors (Lipinski definition) is 3. The molecule has 0 aliphatic carbocycles. The molecule has 1 aromatic heterocycles. The summed E-state index contributed by atoms with van der Waals surface area (Å²) in [7, 11) is 3.67. The number of nitrogens with zero attached hydrogens (tertiary/aromatic N) is 3. The van der Waals surface area contributed by atoms with Gasteiger partial charge in [0.1, 0.15) is 12.0 Å². The summed E-state index contributed by atoms with van der Waals surface area (Å²) in [5, 5.41) is 0. The van der Waals surface area contributed by atoms with Gasteiger partial charge in [-0.05, 0) is 11.1 Å². The molecule has 0 fully saturated rings. The molecule has 2 aromatic carbocycles. The SMILES string of the molecule is CN(C)c1ncnc(NNC(=O)C(c2ccccc2)c2ccccc2)c1N. The number of carbonyl (C=O) groups excluding carboxylic acids is 1. The highest BCUT2D eigenvalue weighted by Crippen LogP contribution is 2.26. The summed E-state index contributed by atoms with van der Waals surface area (Å²) >= 11 is 0. The van der Waals surface area contributed by atoms with Crippen molar-refractivity contribution in [3.8, 4) is 0 Å². The number of nitrogens with two attached hydrogens (primary N) is 1. The van der Waals surface area contributed by atoms with E-state index in [1.807, 2.05) is 74.8 Å². The van der Waals surface area contributed by atoms with Gasteiger partial charge in [0, 0.05) is 14.1 Å². The summed E-state index contributed by atoms with van der Waals surface area (Å²) in [5.74, 6) is 0.249. The van der Waals surface area contributed by atoms with E-state index in [-0.39, 0.29) is 5.91 Å². The number of carbonyl (C=O) groups is 1. The molecule has 3 rings (SSSR count). The molecule has 7 heteroatoms. The molecule has 27 heavy (non-hydrogen) atoms. The fourth-order valence-corrected chi connectivity index (χ4v) is 2.82. The molecule has 7 nitrogen and oxygen atoms in total. The van der Waals surface area contributed by atoms with Gasteiger partial charge < -0.3 is 10.6 Å². The number of anilines is 3. The summed E-state index contributed by atoms with van der Waals surface area (Å²) < 4.78 is 0. The summed E-state index contributed by atoms with van der Waals surface area (Å²) in [6.45, 7) is 0. The fourth-order valence-electron chi connectivity index (χ4n) is 2.82. The lowest BCUT2D eigenvalue weighted by molar-refractivity contribution is -0.121. The van der Waals surface area contributed by atoms with Crippen molar-refractivity contribution in [3.05, 3.63) is 78.1 Å². The first kappa shape index (κ1) is 18.2. The highest BCUT2D eigenvalue weighted by atomic mass is 16.2. The third kappa shape index (κ3) is 4.14. The second kappa shape index (κ2) is 8.18. The molecule has 0 saturated carbocycles. The molecule has 0 atom stereocenters. The minimum atomic E-state index is -0.462. The Morgan fingerprint density at radius 3 is 2.04 bits per heavy atom. The Morgan fingerprint density at radius 2 is 1.52 bits per heavy atom. The molecule has 4 N–H and O–H groups in total. The molecule has 0 bridgehead atoms. The highest BCUT2D eigenvalue weighted by molar-refractivity contribution is 5.88. The van der Waals surface area contributed by atoms with Gasteiger partial charge in [-0.25, -0.2) is 9.97 Å². The smallest absolute Gasteiger partial charge is 0.250 e. The molecule has 0 aliphatic rings. The van der Waals surface area contributed by atoms with E-state index >= 15 is 0 Å². The van der Waals surface area contributed by atoms with Crippen molar-refractivity contribution in [3.63, 3.8) is 0 Å². The van der Waals surface area contributed by atoms with Crippen LogP contribution in [0.15, 0.2) is 67.0 Å². The van der Waals surface area contributed by atoms with Crippen LogP contribution in [0.25, 0.3) is 0 Å². The standard InChI is InChI=1S/C20H22N6O/c1-26(2)19-17(21)18(22-13-23-19)24-25-20(27)16(14-9-5-3-6-10-14)15-11-7-4-8-12-15/h3-13,16H,21H2,1-2H3,(H,25,27)(H,22,23,24). The Kier molecular flexibility index (Phi) is 5.51. The van der Waals surface area contributed by atoms with Crippen LogP contribution in [0.1, 0.15) is 17.0 Å². The van der Waals surface area contributed by atoms with Gasteiger partial charge in [0.05, 0.1) is 5.92 Å². The van der Waals surface area contributed by atoms with Crippen molar-refractivity contribution in [1.29, 1.82) is 0 Å². The third-order valence-electron chi connectivity index (χ3n) is 4.12. The predicted octanol–water partition coefficient (Wildman–Crippen LogP) is 2.40. The molecule has 138 valence electrons. The van der Waals surface area contributed by atoms with Crippen LogP contribution in [0.3, 0.4) is 0 Å². The van der Waals surface area contributed by atoms with E-state index < -0.39 is 5.92 Å².